The molecule has 0 atom stereocenters. The summed E-state index contributed by atoms with van der Waals surface area (Å²) < 4.78 is 13.8. The van der Waals surface area contributed by atoms with Crippen molar-refractivity contribution >= 4 is 17.1 Å². The van der Waals surface area contributed by atoms with Gasteiger partial charge in [0.05, 0.1) is 17.6 Å². The third kappa shape index (κ3) is 2.39. The Labute approximate surface area is 98.2 Å². The van der Waals surface area contributed by atoms with Gasteiger partial charge in [-0.3, -0.25) is 19.1 Å². The van der Waals surface area contributed by atoms with E-state index in [2.05, 4.69) is 0 Å². The van der Waals surface area contributed by atoms with Crippen molar-refractivity contribution in [2.45, 2.75) is 6.54 Å². The van der Waals surface area contributed by atoms with Crippen LogP contribution in [0.3, 0.4) is 0 Å². The molecule has 2 rings (SSSR count). The molecule has 0 aromatic carbocycles. The molecule has 0 amide bonds. The molecule has 0 saturated heterocycles. The number of hydrogen-bond donors (Lipinski definition) is 1. The number of ketones is 1. The first-order valence-corrected chi connectivity index (χ1v) is 5.52. The van der Waals surface area contributed by atoms with Crippen LogP contribution in [0, 0.1) is 5.82 Å². The Bertz CT molecular complexity index is 657. The second-order valence-corrected chi connectivity index (χ2v) is 4.21. The van der Waals surface area contributed by atoms with Crippen LogP contribution in [0.15, 0.2) is 33.3 Å². The van der Waals surface area contributed by atoms with Crippen LogP contribution in [0.2, 0.25) is 0 Å². The van der Waals surface area contributed by atoms with E-state index in [1.165, 1.54) is 11.3 Å². The average molecular weight is 254 g/mol. The Hall–Kier alpha value is -2.02. The van der Waals surface area contributed by atoms with E-state index in [0.29, 0.717) is 4.88 Å². The van der Waals surface area contributed by atoms with Gasteiger partial charge in [0.15, 0.2) is 5.78 Å². The Morgan fingerprint density at radius 1 is 1.47 bits per heavy atom. The van der Waals surface area contributed by atoms with Crippen LogP contribution in [-0.4, -0.2) is 15.3 Å². The Morgan fingerprint density at radius 3 is 2.88 bits per heavy atom. The smallest absolute Gasteiger partial charge is 0.291 e. The Balaban J connectivity index is 2.31. The summed E-state index contributed by atoms with van der Waals surface area (Å²) >= 11 is 1.23. The number of halogens is 1. The number of nitrogens with zero attached hydrogens (tertiary/aromatic N) is 1. The van der Waals surface area contributed by atoms with Gasteiger partial charge in [-0.1, -0.05) is 6.07 Å². The molecular formula is C10H7FN2O3S. The van der Waals surface area contributed by atoms with E-state index in [1.807, 2.05) is 0 Å². The second-order valence-electron chi connectivity index (χ2n) is 3.26. The number of carbonyl (C=O) groups excluding carboxylic acids is 1. The van der Waals surface area contributed by atoms with Gasteiger partial charge in [0.1, 0.15) is 0 Å². The molecular weight excluding hydrogens is 247 g/mol. The Kier molecular flexibility index (Phi) is 3.01. The molecule has 5 nitrogen and oxygen atoms in total. The number of aromatic amines is 1. The average Bonchev–Trinajstić information content (AvgIpc) is 2.79. The van der Waals surface area contributed by atoms with Crippen molar-refractivity contribution in [3.05, 3.63) is 55.2 Å². The normalized spacial score (nSPS) is 10.4. The number of hydrogen-bond acceptors (Lipinski definition) is 4. The molecule has 1 N–H and O–H groups in total. The predicted octanol–water partition coefficient (Wildman–Crippen LogP) is 0.620. The summed E-state index contributed by atoms with van der Waals surface area (Å²) in [4.78, 5) is 36.0. The van der Waals surface area contributed by atoms with Crippen molar-refractivity contribution in [3.63, 3.8) is 0 Å². The van der Waals surface area contributed by atoms with Crippen molar-refractivity contribution in [1.29, 1.82) is 0 Å². The van der Waals surface area contributed by atoms with Crippen molar-refractivity contribution in [2.24, 2.45) is 0 Å². The first kappa shape index (κ1) is 11.5. The monoisotopic (exact) mass is 254 g/mol. The lowest BCUT2D eigenvalue weighted by Crippen LogP contribution is -2.33. The van der Waals surface area contributed by atoms with Crippen LogP contribution >= 0.6 is 11.3 Å². The second kappa shape index (κ2) is 4.46. The molecule has 0 saturated carbocycles. The summed E-state index contributed by atoms with van der Waals surface area (Å²) in [5.41, 5.74) is -1.89. The third-order valence-corrected chi connectivity index (χ3v) is 2.99. The number of carbonyl (C=O) groups is 1. The predicted molar refractivity (Wildman–Crippen MR) is 59.9 cm³/mol. The van der Waals surface area contributed by atoms with Gasteiger partial charge in [0.25, 0.3) is 5.56 Å². The number of aromatic nitrogens is 2. The molecule has 0 spiro atoms. The quantitative estimate of drug-likeness (QED) is 0.816. The molecule has 2 aromatic heterocycles. The van der Waals surface area contributed by atoms with Crippen molar-refractivity contribution < 1.29 is 9.18 Å². The topological polar surface area (TPSA) is 71.9 Å². The fourth-order valence-electron chi connectivity index (χ4n) is 1.27. The maximum Gasteiger partial charge on any atom is 0.328 e. The lowest BCUT2D eigenvalue weighted by molar-refractivity contribution is 0.0974. The van der Waals surface area contributed by atoms with Gasteiger partial charge < -0.3 is 0 Å². The zero-order chi connectivity index (χ0) is 12.4. The van der Waals surface area contributed by atoms with Crippen LogP contribution in [0.25, 0.3) is 0 Å². The number of thiophene rings is 1. The molecule has 0 bridgehead atoms. The van der Waals surface area contributed by atoms with Gasteiger partial charge in [-0.15, -0.1) is 11.3 Å². The van der Waals surface area contributed by atoms with Gasteiger partial charge in [-0.25, -0.2) is 4.79 Å². The highest BCUT2D eigenvalue weighted by molar-refractivity contribution is 7.12. The summed E-state index contributed by atoms with van der Waals surface area (Å²) in [5.74, 6) is -1.41. The first-order chi connectivity index (χ1) is 8.08. The van der Waals surface area contributed by atoms with E-state index in [4.69, 9.17) is 0 Å². The minimum Gasteiger partial charge on any atom is -0.291 e. The van der Waals surface area contributed by atoms with Gasteiger partial charge in [-0.2, -0.15) is 4.39 Å². The maximum absolute atomic E-state index is 12.9. The molecule has 0 radical (unpaired) electrons. The lowest BCUT2D eigenvalue weighted by Gasteiger charge is -2.02. The summed E-state index contributed by atoms with van der Waals surface area (Å²) in [7, 11) is 0. The largest absolute Gasteiger partial charge is 0.328 e. The van der Waals surface area contributed by atoms with E-state index in [9.17, 15) is 18.8 Å². The highest BCUT2D eigenvalue weighted by Gasteiger charge is 2.10. The highest BCUT2D eigenvalue weighted by atomic mass is 32.1. The lowest BCUT2D eigenvalue weighted by atomic mass is 10.3. The number of Topliss-reactive ketones (excluding diaryl/α,β-unsaturated/α-hetero) is 1. The molecule has 0 aliphatic carbocycles. The zero-order valence-corrected chi connectivity index (χ0v) is 9.29. The molecule has 7 heteroatoms. The van der Waals surface area contributed by atoms with E-state index >= 15 is 0 Å². The van der Waals surface area contributed by atoms with Crippen molar-refractivity contribution in [3.8, 4) is 0 Å². The van der Waals surface area contributed by atoms with E-state index < -0.39 is 17.1 Å². The number of rotatable bonds is 3. The molecule has 0 unspecified atom stereocenters. The fourth-order valence-corrected chi connectivity index (χ4v) is 1.93. The molecule has 2 heterocycles. The molecule has 88 valence electrons. The standard InChI is InChI=1S/C10H7FN2O3S/c11-6-4-13(10(16)12-9(6)15)5-7(14)8-2-1-3-17-8/h1-4H,5H2,(H,12,15,16). The van der Waals surface area contributed by atoms with Crippen LogP contribution in [-0.2, 0) is 6.54 Å². The van der Waals surface area contributed by atoms with Crippen LogP contribution in [0.4, 0.5) is 4.39 Å². The van der Waals surface area contributed by atoms with Crippen molar-refractivity contribution in [1.82, 2.24) is 9.55 Å². The fraction of sp³-hybridized carbons (Fsp3) is 0.100. The Morgan fingerprint density at radius 2 is 2.24 bits per heavy atom. The molecule has 0 aliphatic heterocycles. The zero-order valence-electron chi connectivity index (χ0n) is 8.47. The molecule has 2 aromatic rings. The van der Waals surface area contributed by atoms with Gasteiger partial charge in [0.2, 0.25) is 5.82 Å². The minimum atomic E-state index is -1.09. The summed E-state index contributed by atoms with van der Waals surface area (Å²) in [6, 6.07) is 3.31. The number of H-pyrrole nitrogens is 1. The van der Waals surface area contributed by atoms with Crippen LogP contribution < -0.4 is 11.2 Å². The van der Waals surface area contributed by atoms with Crippen LogP contribution in [0.1, 0.15) is 9.67 Å². The van der Waals surface area contributed by atoms with Crippen molar-refractivity contribution in [2.75, 3.05) is 0 Å². The minimum absolute atomic E-state index is 0.299. The maximum atomic E-state index is 12.9. The molecule has 0 aliphatic rings. The molecule has 0 fully saturated rings. The van der Waals surface area contributed by atoms with Gasteiger partial charge in [-0.05, 0) is 11.4 Å². The van der Waals surface area contributed by atoms with Gasteiger partial charge in [0, 0.05) is 0 Å². The van der Waals surface area contributed by atoms with E-state index in [-0.39, 0.29) is 12.3 Å². The van der Waals surface area contributed by atoms with E-state index in [0.717, 1.165) is 10.8 Å². The third-order valence-electron chi connectivity index (χ3n) is 2.08. The summed E-state index contributed by atoms with van der Waals surface area (Å²) in [5, 5.41) is 1.73. The summed E-state index contributed by atoms with van der Waals surface area (Å²) in [6.07, 6.45) is 0.729. The molecule has 17 heavy (non-hydrogen) atoms. The first-order valence-electron chi connectivity index (χ1n) is 4.64. The highest BCUT2D eigenvalue weighted by Crippen LogP contribution is 2.09. The SMILES string of the molecule is O=C(Cn1cc(F)c(=O)[nH]c1=O)c1cccs1. The van der Waals surface area contributed by atoms with E-state index in [1.54, 1.807) is 22.5 Å². The summed E-state index contributed by atoms with van der Waals surface area (Å²) in [6.45, 7) is -0.299. The van der Waals surface area contributed by atoms with Crippen LogP contribution in [0.5, 0.6) is 0 Å². The number of nitrogens with one attached hydrogen (secondary N) is 1. The van der Waals surface area contributed by atoms with Gasteiger partial charge >= 0.3 is 5.69 Å².